The van der Waals surface area contributed by atoms with Gasteiger partial charge in [0, 0.05) is 16.7 Å². The molecule has 2 aromatic rings. The topological polar surface area (TPSA) is 17.1 Å². The first-order chi connectivity index (χ1) is 10.8. The van der Waals surface area contributed by atoms with Gasteiger partial charge < -0.3 is 0 Å². The Morgan fingerprint density at radius 2 is 1.68 bits per heavy atom. The number of Topliss-reactive ketones (excluding diaryl/α,β-unsaturated/α-hetero) is 1. The summed E-state index contributed by atoms with van der Waals surface area (Å²) in [5.74, 6) is 1.03. The Balaban J connectivity index is 1.69. The molecule has 2 heteroatoms. The molecule has 0 spiro atoms. The quantitative estimate of drug-likeness (QED) is 0.772. The van der Waals surface area contributed by atoms with Crippen LogP contribution in [0.25, 0.3) is 0 Å². The molecule has 1 fully saturated rings. The molecule has 2 aliphatic carbocycles. The molecule has 0 unspecified atom stereocenters. The van der Waals surface area contributed by atoms with Crippen molar-refractivity contribution in [2.45, 2.75) is 22.5 Å². The molecule has 0 amide bonds. The monoisotopic (exact) mass is 306 g/mol. The van der Waals surface area contributed by atoms with Gasteiger partial charge in [-0.3, -0.25) is 4.79 Å². The lowest BCUT2D eigenvalue weighted by molar-refractivity contribution is -0.136. The Morgan fingerprint density at radius 1 is 1.00 bits per heavy atom. The van der Waals surface area contributed by atoms with E-state index in [0.29, 0.717) is 11.7 Å². The highest BCUT2D eigenvalue weighted by atomic mass is 32.2. The van der Waals surface area contributed by atoms with Crippen molar-refractivity contribution < 1.29 is 4.79 Å². The van der Waals surface area contributed by atoms with Gasteiger partial charge in [-0.1, -0.05) is 60.7 Å². The third-order valence-electron chi connectivity index (χ3n) is 4.81. The number of rotatable bonds is 4. The predicted octanol–water partition coefficient (Wildman–Crippen LogP) is 4.54. The van der Waals surface area contributed by atoms with E-state index in [1.54, 1.807) is 11.8 Å². The molecule has 2 aliphatic rings. The normalized spacial score (nSPS) is 29.2. The molecular weight excluding hydrogens is 288 g/mol. The highest BCUT2D eigenvalue weighted by Gasteiger charge is 2.61. The van der Waals surface area contributed by atoms with Crippen LogP contribution in [-0.4, -0.2) is 10.5 Å². The molecule has 0 saturated heterocycles. The van der Waals surface area contributed by atoms with Crippen LogP contribution >= 0.6 is 11.8 Å². The second-order valence-electron chi connectivity index (χ2n) is 6.13. The Morgan fingerprint density at radius 3 is 2.41 bits per heavy atom. The van der Waals surface area contributed by atoms with Crippen LogP contribution in [0, 0.1) is 11.8 Å². The summed E-state index contributed by atoms with van der Waals surface area (Å²) in [4.78, 5) is 14.1. The van der Waals surface area contributed by atoms with Crippen LogP contribution in [0.5, 0.6) is 0 Å². The van der Waals surface area contributed by atoms with Crippen LogP contribution in [0.1, 0.15) is 12.0 Å². The number of carbonyl (C=O) groups is 1. The SMILES string of the molecule is O=C1[C@@H]2CC=C[C@@H]2[C@]1(Cc1ccccc1)Sc1ccccc1. The number of thioether (sulfide) groups is 1. The van der Waals surface area contributed by atoms with E-state index in [1.807, 2.05) is 24.3 Å². The highest BCUT2D eigenvalue weighted by molar-refractivity contribution is 8.01. The molecule has 0 aliphatic heterocycles. The Hall–Kier alpha value is -1.80. The molecule has 1 saturated carbocycles. The lowest BCUT2D eigenvalue weighted by atomic mass is 9.62. The third-order valence-corrected chi connectivity index (χ3v) is 6.30. The van der Waals surface area contributed by atoms with Crippen molar-refractivity contribution in [1.82, 2.24) is 0 Å². The van der Waals surface area contributed by atoms with Gasteiger partial charge in [-0.2, -0.15) is 0 Å². The van der Waals surface area contributed by atoms with E-state index in [0.717, 1.165) is 12.8 Å². The van der Waals surface area contributed by atoms with Crippen LogP contribution in [-0.2, 0) is 11.2 Å². The minimum absolute atomic E-state index is 0.222. The molecule has 0 radical (unpaired) electrons. The van der Waals surface area contributed by atoms with Crippen LogP contribution in [0.15, 0.2) is 77.7 Å². The minimum Gasteiger partial charge on any atom is -0.298 e. The second kappa shape index (κ2) is 5.44. The number of hydrogen-bond acceptors (Lipinski definition) is 2. The molecule has 3 atom stereocenters. The maximum Gasteiger partial charge on any atom is 0.154 e. The van der Waals surface area contributed by atoms with Gasteiger partial charge in [-0.25, -0.2) is 0 Å². The van der Waals surface area contributed by atoms with Crippen molar-refractivity contribution in [1.29, 1.82) is 0 Å². The number of benzene rings is 2. The first-order valence-electron chi connectivity index (χ1n) is 7.78. The second-order valence-corrected chi connectivity index (χ2v) is 7.53. The summed E-state index contributed by atoms with van der Waals surface area (Å²) in [6.45, 7) is 0. The number of ketones is 1. The van der Waals surface area contributed by atoms with E-state index >= 15 is 0 Å². The standard InChI is InChI=1S/C20H18OS/c21-19-17-12-7-13-18(17)20(19,14-15-8-3-1-4-9-15)22-16-10-5-2-6-11-16/h1-11,13,17-18H,12,14H2/t17-,18+,20+/m1/s1. The maximum absolute atomic E-state index is 12.9. The largest absolute Gasteiger partial charge is 0.298 e. The van der Waals surface area contributed by atoms with Crippen molar-refractivity contribution in [2.75, 3.05) is 0 Å². The van der Waals surface area contributed by atoms with E-state index in [-0.39, 0.29) is 10.7 Å². The van der Waals surface area contributed by atoms with Gasteiger partial charge in [0.2, 0.25) is 0 Å². The summed E-state index contributed by atoms with van der Waals surface area (Å²) in [5.41, 5.74) is 1.25. The summed E-state index contributed by atoms with van der Waals surface area (Å²) in [7, 11) is 0. The van der Waals surface area contributed by atoms with Crippen molar-refractivity contribution in [3.05, 3.63) is 78.4 Å². The molecular formula is C20H18OS. The van der Waals surface area contributed by atoms with Gasteiger partial charge in [0.15, 0.2) is 5.78 Å². The van der Waals surface area contributed by atoms with Crippen LogP contribution in [0.4, 0.5) is 0 Å². The van der Waals surface area contributed by atoms with E-state index in [1.165, 1.54) is 10.5 Å². The van der Waals surface area contributed by atoms with Crippen molar-refractivity contribution >= 4 is 17.5 Å². The molecule has 0 aromatic heterocycles. The fourth-order valence-electron chi connectivity index (χ4n) is 3.74. The van der Waals surface area contributed by atoms with Crippen LogP contribution in [0.3, 0.4) is 0 Å². The minimum atomic E-state index is -0.319. The maximum atomic E-state index is 12.9. The highest BCUT2D eigenvalue weighted by Crippen LogP contribution is 2.57. The Bertz CT molecular complexity index is 664. The summed E-state index contributed by atoms with van der Waals surface area (Å²) < 4.78 is -0.319. The van der Waals surface area contributed by atoms with Gasteiger partial charge in [-0.15, -0.1) is 11.8 Å². The lowest BCUT2D eigenvalue weighted by Gasteiger charge is -2.50. The number of fused-ring (bicyclic) bond motifs is 1. The molecule has 0 N–H and O–H groups in total. The predicted molar refractivity (Wildman–Crippen MR) is 90.9 cm³/mol. The van der Waals surface area contributed by atoms with E-state index in [2.05, 4.69) is 48.6 Å². The van der Waals surface area contributed by atoms with Gasteiger partial charge in [-0.05, 0) is 30.5 Å². The first-order valence-corrected chi connectivity index (χ1v) is 8.60. The summed E-state index contributed by atoms with van der Waals surface area (Å²) in [6, 6.07) is 20.7. The molecule has 2 aromatic carbocycles. The first kappa shape index (κ1) is 13.8. The molecule has 110 valence electrons. The number of allylic oxidation sites excluding steroid dienone is 2. The fraction of sp³-hybridized carbons (Fsp3) is 0.250. The van der Waals surface area contributed by atoms with Crippen LogP contribution in [0.2, 0.25) is 0 Å². The van der Waals surface area contributed by atoms with Crippen molar-refractivity contribution in [3.8, 4) is 0 Å². The zero-order chi connectivity index (χ0) is 15.0. The van der Waals surface area contributed by atoms with Gasteiger partial charge in [0.25, 0.3) is 0 Å². The smallest absolute Gasteiger partial charge is 0.154 e. The van der Waals surface area contributed by atoms with E-state index in [4.69, 9.17) is 0 Å². The summed E-state index contributed by atoms with van der Waals surface area (Å²) in [6.07, 6.45) is 6.20. The number of carbonyl (C=O) groups excluding carboxylic acids is 1. The summed E-state index contributed by atoms with van der Waals surface area (Å²) >= 11 is 1.76. The molecule has 4 rings (SSSR count). The molecule has 1 nitrogen and oxygen atoms in total. The zero-order valence-corrected chi connectivity index (χ0v) is 13.1. The summed E-state index contributed by atoms with van der Waals surface area (Å²) in [5, 5.41) is 0. The van der Waals surface area contributed by atoms with Gasteiger partial charge in [0.05, 0.1) is 4.75 Å². The average molecular weight is 306 g/mol. The van der Waals surface area contributed by atoms with E-state index < -0.39 is 0 Å². The zero-order valence-electron chi connectivity index (χ0n) is 12.3. The van der Waals surface area contributed by atoms with Crippen LogP contribution < -0.4 is 0 Å². The molecule has 0 bridgehead atoms. The Kier molecular flexibility index (Phi) is 3.42. The van der Waals surface area contributed by atoms with Crippen molar-refractivity contribution in [2.24, 2.45) is 11.8 Å². The molecule has 0 heterocycles. The fourth-order valence-corrected chi connectivity index (χ4v) is 5.33. The average Bonchev–Trinajstić information content (AvgIpc) is 3.03. The van der Waals surface area contributed by atoms with Gasteiger partial charge >= 0.3 is 0 Å². The van der Waals surface area contributed by atoms with Gasteiger partial charge in [0.1, 0.15) is 0 Å². The van der Waals surface area contributed by atoms with Crippen molar-refractivity contribution in [3.63, 3.8) is 0 Å². The van der Waals surface area contributed by atoms with E-state index in [9.17, 15) is 4.79 Å². The third kappa shape index (κ3) is 2.14. The number of hydrogen-bond donors (Lipinski definition) is 0. The molecule has 22 heavy (non-hydrogen) atoms. The lowest BCUT2D eigenvalue weighted by Crippen LogP contribution is -2.60. The Labute approximate surface area is 135 Å².